The molecule has 0 fully saturated rings. The molecular weight excluding hydrogens is 308 g/mol. The molecule has 0 amide bonds. The summed E-state index contributed by atoms with van der Waals surface area (Å²) >= 11 is 0. The van der Waals surface area contributed by atoms with Gasteiger partial charge in [0.05, 0.1) is 56.9 Å². The number of hydrogen-bond acceptors (Lipinski definition) is 6. The van der Waals surface area contributed by atoms with Gasteiger partial charge in [-0.15, -0.1) is 0 Å². The number of sulfone groups is 1. The molecule has 0 aliphatic rings. The zero-order valence-corrected chi connectivity index (χ0v) is 13.7. The van der Waals surface area contributed by atoms with Crippen LogP contribution in [-0.4, -0.2) is 65.5 Å². The molecule has 0 atom stereocenters. The van der Waals surface area contributed by atoms with Crippen molar-refractivity contribution in [3.8, 4) is 0 Å². The Morgan fingerprint density at radius 3 is 1.91 bits per heavy atom. The van der Waals surface area contributed by atoms with Crippen LogP contribution in [0.15, 0.2) is 29.2 Å². The molecule has 0 radical (unpaired) electrons. The van der Waals surface area contributed by atoms with E-state index in [1.54, 1.807) is 24.3 Å². The first kappa shape index (κ1) is 19.1. The second kappa shape index (κ2) is 10.7. The van der Waals surface area contributed by atoms with Crippen molar-refractivity contribution in [1.29, 1.82) is 0 Å². The minimum atomic E-state index is -3.29. The zero-order valence-electron chi connectivity index (χ0n) is 12.9. The summed E-state index contributed by atoms with van der Waals surface area (Å²) in [6.07, 6.45) is 0. The summed E-state index contributed by atoms with van der Waals surface area (Å²) in [5.74, 6) is -0.0460. The van der Waals surface area contributed by atoms with E-state index in [4.69, 9.17) is 19.3 Å². The van der Waals surface area contributed by atoms with Crippen LogP contribution >= 0.6 is 0 Å². The van der Waals surface area contributed by atoms with Gasteiger partial charge in [0.2, 0.25) is 0 Å². The predicted octanol–water partition coefficient (Wildman–Crippen LogP) is 0.811. The molecule has 0 bridgehead atoms. The van der Waals surface area contributed by atoms with Crippen molar-refractivity contribution in [2.45, 2.75) is 11.8 Å². The molecule has 6 nitrogen and oxygen atoms in total. The zero-order chi connectivity index (χ0) is 16.3. The van der Waals surface area contributed by atoms with E-state index in [0.717, 1.165) is 5.56 Å². The van der Waals surface area contributed by atoms with Gasteiger partial charge in [0.1, 0.15) is 0 Å². The Kier molecular flexibility index (Phi) is 9.26. The van der Waals surface area contributed by atoms with Crippen molar-refractivity contribution in [3.05, 3.63) is 29.8 Å². The SMILES string of the molecule is Cc1ccc(S(=O)(=O)CCOCCOCCOCCO)cc1. The monoisotopic (exact) mass is 332 g/mol. The van der Waals surface area contributed by atoms with E-state index in [0.29, 0.717) is 37.9 Å². The molecule has 1 aromatic rings. The molecule has 0 saturated carbocycles. The molecule has 1 N–H and O–H groups in total. The van der Waals surface area contributed by atoms with E-state index in [2.05, 4.69) is 0 Å². The van der Waals surface area contributed by atoms with Crippen molar-refractivity contribution >= 4 is 9.84 Å². The highest BCUT2D eigenvalue weighted by Crippen LogP contribution is 2.11. The molecule has 0 aliphatic heterocycles. The molecule has 7 heteroatoms. The van der Waals surface area contributed by atoms with Crippen molar-refractivity contribution in [3.63, 3.8) is 0 Å². The van der Waals surface area contributed by atoms with Crippen LogP contribution in [0.4, 0.5) is 0 Å². The molecule has 0 aromatic heterocycles. The highest BCUT2D eigenvalue weighted by atomic mass is 32.2. The maximum Gasteiger partial charge on any atom is 0.180 e. The molecule has 0 spiro atoms. The smallest absolute Gasteiger partial charge is 0.180 e. The van der Waals surface area contributed by atoms with E-state index in [1.165, 1.54) is 0 Å². The number of aliphatic hydroxyl groups excluding tert-OH is 1. The fourth-order valence-corrected chi connectivity index (χ4v) is 2.76. The largest absolute Gasteiger partial charge is 0.394 e. The van der Waals surface area contributed by atoms with Gasteiger partial charge >= 0.3 is 0 Å². The maximum atomic E-state index is 12.0. The molecule has 22 heavy (non-hydrogen) atoms. The first-order valence-corrected chi connectivity index (χ1v) is 8.85. The summed E-state index contributed by atoms with van der Waals surface area (Å²) in [7, 11) is -3.29. The van der Waals surface area contributed by atoms with Crippen molar-refractivity contribution < 1.29 is 27.7 Å². The number of ether oxygens (including phenoxy) is 3. The average molecular weight is 332 g/mol. The normalized spacial score (nSPS) is 11.7. The van der Waals surface area contributed by atoms with Gasteiger partial charge in [-0.25, -0.2) is 8.42 Å². The number of hydrogen-bond donors (Lipinski definition) is 1. The highest BCUT2D eigenvalue weighted by molar-refractivity contribution is 7.91. The van der Waals surface area contributed by atoms with Gasteiger partial charge in [-0.1, -0.05) is 17.7 Å². The molecule has 1 aromatic carbocycles. The standard InChI is InChI=1S/C15H24O6S/c1-14-2-4-15(5-3-14)22(17,18)13-12-21-11-10-20-9-8-19-7-6-16/h2-5,16H,6-13H2,1H3. The molecule has 0 saturated heterocycles. The Morgan fingerprint density at radius 1 is 0.864 bits per heavy atom. The molecule has 0 unspecified atom stereocenters. The van der Waals surface area contributed by atoms with Gasteiger partial charge < -0.3 is 19.3 Å². The van der Waals surface area contributed by atoms with E-state index in [1.807, 2.05) is 6.92 Å². The summed E-state index contributed by atoms with van der Waals surface area (Å²) < 4.78 is 39.6. The van der Waals surface area contributed by atoms with Crippen LogP contribution in [0.25, 0.3) is 0 Å². The van der Waals surface area contributed by atoms with Crippen LogP contribution in [0.1, 0.15) is 5.56 Å². The fourth-order valence-electron chi connectivity index (χ4n) is 1.64. The van der Waals surface area contributed by atoms with E-state index >= 15 is 0 Å². The molecular formula is C15H24O6S. The first-order chi connectivity index (χ1) is 10.6. The van der Waals surface area contributed by atoms with Gasteiger partial charge in [0, 0.05) is 0 Å². The minimum absolute atomic E-state index is 0.00142. The second-order valence-corrected chi connectivity index (χ2v) is 6.80. The van der Waals surface area contributed by atoms with Gasteiger partial charge in [0.15, 0.2) is 9.84 Å². The minimum Gasteiger partial charge on any atom is -0.394 e. The lowest BCUT2D eigenvalue weighted by atomic mass is 10.2. The van der Waals surface area contributed by atoms with Gasteiger partial charge in [-0.05, 0) is 19.1 Å². The fraction of sp³-hybridized carbons (Fsp3) is 0.600. The van der Waals surface area contributed by atoms with Crippen LogP contribution in [0.2, 0.25) is 0 Å². The quantitative estimate of drug-likeness (QED) is 0.571. The number of aryl methyl sites for hydroxylation is 1. The van der Waals surface area contributed by atoms with E-state index < -0.39 is 9.84 Å². The third-order valence-corrected chi connectivity index (χ3v) is 4.55. The second-order valence-electron chi connectivity index (χ2n) is 4.69. The van der Waals surface area contributed by atoms with Crippen LogP contribution in [0, 0.1) is 6.92 Å². The summed E-state index contributed by atoms with van der Waals surface area (Å²) in [5.41, 5.74) is 1.02. The number of rotatable bonds is 12. The maximum absolute atomic E-state index is 12.0. The van der Waals surface area contributed by atoms with Crippen LogP contribution in [0.5, 0.6) is 0 Å². The lowest BCUT2D eigenvalue weighted by Crippen LogP contribution is -2.15. The van der Waals surface area contributed by atoms with Crippen molar-refractivity contribution in [1.82, 2.24) is 0 Å². The predicted molar refractivity (Wildman–Crippen MR) is 82.8 cm³/mol. The Morgan fingerprint density at radius 2 is 1.36 bits per heavy atom. The third-order valence-electron chi connectivity index (χ3n) is 2.86. The molecule has 126 valence electrons. The van der Waals surface area contributed by atoms with E-state index in [-0.39, 0.29) is 19.0 Å². The molecule has 1 rings (SSSR count). The van der Waals surface area contributed by atoms with Gasteiger partial charge in [-0.2, -0.15) is 0 Å². The average Bonchev–Trinajstić information content (AvgIpc) is 2.49. The lowest BCUT2D eigenvalue weighted by Gasteiger charge is -2.07. The Hall–Kier alpha value is -0.990. The number of benzene rings is 1. The van der Waals surface area contributed by atoms with Crippen LogP contribution < -0.4 is 0 Å². The molecule has 0 aliphatic carbocycles. The van der Waals surface area contributed by atoms with Gasteiger partial charge in [-0.3, -0.25) is 0 Å². The van der Waals surface area contributed by atoms with E-state index in [9.17, 15) is 8.42 Å². The lowest BCUT2D eigenvalue weighted by molar-refractivity contribution is 0.00989. The van der Waals surface area contributed by atoms with Gasteiger partial charge in [0.25, 0.3) is 0 Å². The molecule has 0 heterocycles. The topological polar surface area (TPSA) is 82.1 Å². The van der Waals surface area contributed by atoms with Crippen molar-refractivity contribution in [2.24, 2.45) is 0 Å². The number of aliphatic hydroxyl groups is 1. The van der Waals surface area contributed by atoms with Crippen molar-refractivity contribution in [2.75, 3.05) is 52.0 Å². The van der Waals surface area contributed by atoms with Crippen LogP contribution in [0.3, 0.4) is 0 Å². The summed E-state index contributed by atoms with van der Waals surface area (Å²) in [4.78, 5) is 0.319. The summed E-state index contributed by atoms with van der Waals surface area (Å²) in [5, 5.41) is 8.49. The Labute approximate surface area is 131 Å². The Balaban J connectivity index is 2.10. The summed E-state index contributed by atoms with van der Waals surface area (Å²) in [6, 6.07) is 6.78. The first-order valence-electron chi connectivity index (χ1n) is 7.20. The van der Waals surface area contributed by atoms with Crippen LogP contribution in [-0.2, 0) is 24.0 Å². The Bertz CT molecular complexity index is 497. The highest BCUT2D eigenvalue weighted by Gasteiger charge is 2.13. The summed E-state index contributed by atoms with van der Waals surface area (Å²) in [6.45, 7) is 3.91. The third kappa shape index (κ3) is 7.86.